The van der Waals surface area contributed by atoms with Gasteiger partial charge in [-0.1, -0.05) is 0 Å². The molecule has 0 spiro atoms. The molecule has 1 aromatic carbocycles. The number of nitrogen functional groups attached to an aromatic ring is 2. The first kappa shape index (κ1) is 13.7. The molecule has 1 aromatic rings. The monoisotopic (exact) mass is 249 g/mol. The van der Waals surface area contributed by atoms with Crippen LogP contribution in [0.3, 0.4) is 0 Å². The van der Waals surface area contributed by atoms with Gasteiger partial charge in [0.2, 0.25) is 0 Å². The van der Waals surface area contributed by atoms with Crippen molar-refractivity contribution < 1.29 is 14.4 Å². The minimum absolute atomic E-state index is 0.216. The molecule has 0 fully saturated rings. The predicted molar refractivity (Wildman–Crippen MR) is 67.9 cm³/mol. The summed E-state index contributed by atoms with van der Waals surface area (Å²) >= 11 is 0. The van der Waals surface area contributed by atoms with Gasteiger partial charge in [0.15, 0.2) is 0 Å². The fourth-order valence-corrected chi connectivity index (χ4v) is 1.39. The summed E-state index contributed by atoms with van der Waals surface area (Å²) in [5.41, 5.74) is 12.1. The first-order valence-electron chi connectivity index (χ1n) is 5.43. The highest BCUT2D eigenvalue weighted by molar-refractivity contribution is 5.97. The summed E-state index contributed by atoms with van der Waals surface area (Å²) in [6.45, 7) is 0. The average molecular weight is 249 g/mol. The Balaban J connectivity index is 2.71. The van der Waals surface area contributed by atoms with Crippen LogP contribution in [0, 0.1) is 0 Å². The lowest BCUT2D eigenvalue weighted by atomic mass is 10.1. The van der Waals surface area contributed by atoms with Gasteiger partial charge in [-0.3, -0.25) is 4.79 Å². The Labute approximate surface area is 104 Å². The van der Waals surface area contributed by atoms with Crippen LogP contribution in [0.4, 0.5) is 11.4 Å². The number of hydrogen-bond acceptors (Lipinski definition) is 5. The Morgan fingerprint density at radius 1 is 1.28 bits per heavy atom. The molecule has 1 amide bonds. The van der Waals surface area contributed by atoms with Crippen molar-refractivity contribution >= 4 is 29.9 Å². The number of hydrogen-bond donors (Lipinski definition) is 3. The largest absolute Gasteiger partial charge is 0.397 e. The zero-order chi connectivity index (χ0) is 13.5. The third kappa shape index (κ3) is 3.58. The maximum atomic E-state index is 11.8. The second kappa shape index (κ2) is 6.39. The molecule has 1 atom stereocenters. The summed E-state index contributed by atoms with van der Waals surface area (Å²) in [5, 5.41) is 2.50. The van der Waals surface area contributed by atoms with Crippen LogP contribution in [0.1, 0.15) is 23.2 Å². The van der Waals surface area contributed by atoms with E-state index in [0.717, 1.165) is 0 Å². The molecular formula is C12H15N3O3. The summed E-state index contributed by atoms with van der Waals surface area (Å²) in [4.78, 5) is 32.7. The number of benzene rings is 1. The molecule has 0 aliphatic rings. The molecule has 6 nitrogen and oxygen atoms in total. The smallest absolute Gasteiger partial charge is 0.251 e. The molecule has 0 aliphatic carbocycles. The maximum Gasteiger partial charge on any atom is 0.251 e. The lowest BCUT2D eigenvalue weighted by molar-refractivity contribution is -0.110. The van der Waals surface area contributed by atoms with E-state index in [9.17, 15) is 14.4 Å². The number of nitrogens with one attached hydrogen (secondary N) is 1. The quantitative estimate of drug-likeness (QED) is 0.489. The summed E-state index contributed by atoms with van der Waals surface area (Å²) in [6, 6.07) is 3.79. The molecule has 96 valence electrons. The van der Waals surface area contributed by atoms with Crippen molar-refractivity contribution in [3.8, 4) is 0 Å². The number of aldehydes is 2. The van der Waals surface area contributed by atoms with E-state index in [1.165, 1.54) is 18.2 Å². The average Bonchev–Trinajstić information content (AvgIpc) is 2.37. The zero-order valence-electron chi connectivity index (χ0n) is 9.76. The normalized spacial score (nSPS) is 11.6. The molecule has 0 radical (unpaired) electrons. The highest BCUT2D eigenvalue weighted by Crippen LogP contribution is 2.15. The van der Waals surface area contributed by atoms with Gasteiger partial charge < -0.3 is 26.4 Å². The van der Waals surface area contributed by atoms with Crippen LogP contribution in [0.15, 0.2) is 18.2 Å². The molecule has 0 bridgehead atoms. The van der Waals surface area contributed by atoms with Gasteiger partial charge in [-0.2, -0.15) is 0 Å². The second-order valence-corrected chi connectivity index (χ2v) is 3.80. The molecular weight excluding hydrogens is 234 g/mol. The van der Waals surface area contributed by atoms with Crippen molar-refractivity contribution in [2.24, 2.45) is 0 Å². The van der Waals surface area contributed by atoms with Gasteiger partial charge in [0.25, 0.3) is 5.91 Å². The predicted octanol–water partition coefficient (Wildman–Crippen LogP) is 0.127. The minimum Gasteiger partial charge on any atom is -0.397 e. The highest BCUT2D eigenvalue weighted by Gasteiger charge is 2.13. The molecule has 0 saturated carbocycles. The van der Waals surface area contributed by atoms with Crippen LogP contribution < -0.4 is 16.8 Å². The first-order chi connectivity index (χ1) is 8.58. The van der Waals surface area contributed by atoms with Crippen LogP contribution in [-0.4, -0.2) is 24.5 Å². The van der Waals surface area contributed by atoms with Crippen LogP contribution in [0.25, 0.3) is 0 Å². The third-order valence-electron chi connectivity index (χ3n) is 2.43. The fourth-order valence-electron chi connectivity index (χ4n) is 1.39. The third-order valence-corrected chi connectivity index (χ3v) is 2.43. The van der Waals surface area contributed by atoms with E-state index in [1.54, 1.807) is 0 Å². The van der Waals surface area contributed by atoms with Gasteiger partial charge in [-0.05, 0) is 24.6 Å². The van der Waals surface area contributed by atoms with Crippen molar-refractivity contribution in [1.82, 2.24) is 5.32 Å². The molecule has 5 N–H and O–H groups in total. The number of rotatable bonds is 6. The highest BCUT2D eigenvalue weighted by atomic mass is 16.2. The van der Waals surface area contributed by atoms with Crippen molar-refractivity contribution in [3.63, 3.8) is 0 Å². The topological polar surface area (TPSA) is 115 Å². The molecule has 6 heteroatoms. The Hall–Kier alpha value is -2.37. The van der Waals surface area contributed by atoms with Crippen molar-refractivity contribution in [2.75, 3.05) is 11.5 Å². The molecule has 0 aromatic heterocycles. The van der Waals surface area contributed by atoms with Gasteiger partial charge >= 0.3 is 0 Å². The fraction of sp³-hybridized carbons (Fsp3) is 0.250. The van der Waals surface area contributed by atoms with E-state index in [2.05, 4.69) is 5.32 Å². The van der Waals surface area contributed by atoms with Crippen LogP contribution in [-0.2, 0) is 9.59 Å². The van der Waals surface area contributed by atoms with Gasteiger partial charge in [-0.15, -0.1) is 0 Å². The van der Waals surface area contributed by atoms with E-state index >= 15 is 0 Å². The zero-order valence-corrected chi connectivity index (χ0v) is 9.76. The lowest BCUT2D eigenvalue weighted by Gasteiger charge is -2.12. The van der Waals surface area contributed by atoms with E-state index in [4.69, 9.17) is 11.5 Å². The Kier molecular flexibility index (Phi) is 4.86. The first-order valence-corrected chi connectivity index (χ1v) is 5.43. The van der Waals surface area contributed by atoms with Crippen molar-refractivity contribution in [1.29, 1.82) is 0 Å². The molecule has 0 saturated heterocycles. The molecule has 0 unspecified atom stereocenters. The van der Waals surface area contributed by atoms with Crippen LogP contribution in [0.2, 0.25) is 0 Å². The van der Waals surface area contributed by atoms with E-state index in [1.807, 2.05) is 0 Å². The van der Waals surface area contributed by atoms with E-state index < -0.39 is 11.9 Å². The number of nitrogens with two attached hydrogens (primary N) is 2. The number of amides is 1. The second-order valence-electron chi connectivity index (χ2n) is 3.80. The number of carbonyl (C=O) groups is 3. The van der Waals surface area contributed by atoms with E-state index in [0.29, 0.717) is 29.5 Å². The summed E-state index contributed by atoms with van der Waals surface area (Å²) in [7, 11) is 0. The molecule has 0 aliphatic heterocycles. The standard InChI is InChI=1S/C12H15N3O3/c13-10-4-3-8(6-11(10)14)12(18)15-9(7-17)2-1-5-16/h3-7,9H,1-2,13-14H2,(H,15,18)/t9-/m0/s1. The van der Waals surface area contributed by atoms with Crippen molar-refractivity contribution in [2.45, 2.75) is 18.9 Å². The van der Waals surface area contributed by atoms with E-state index in [-0.39, 0.29) is 12.8 Å². The SMILES string of the molecule is Nc1ccc(C(=O)N[C@H](C=O)CCC=O)cc1N. The van der Waals surface area contributed by atoms with Crippen molar-refractivity contribution in [3.05, 3.63) is 23.8 Å². The van der Waals surface area contributed by atoms with Crippen LogP contribution >= 0.6 is 0 Å². The Morgan fingerprint density at radius 3 is 2.56 bits per heavy atom. The maximum absolute atomic E-state index is 11.8. The summed E-state index contributed by atoms with van der Waals surface area (Å²) in [6.07, 6.45) is 1.79. The van der Waals surface area contributed by atoms with Gasteiger partial charge in [0.05, 0.1) is 17.4 Å². The lowest BCUT2D eigenvalue weighted by Crippen LogP contribution is -2.36. The van der Waals surface area contributed by atoms with Gasteiger partial charge in [0.1, 0.15) is 12.6 Å². The molecule has 0 heterocycles. The Morgan fingerprint density at radius 2 is 2.00 bits per heavy atom. The summed E-state index contributed by atoms with van der Waals surface area (Å²) < 4.78 is 0. The molecule has 18 heavy (non-hydrogen) atoms. The van der Waals surface area contributed by atoms with Gasteiger partial charge in [0, 0.05) is 12.0 Å². The van der Waals surface area contributed by atoms with Gasteiger partial charge in [-0.25, -0.2) is 0 Å². The van der Waals surface area contributed by atoms with Crippen LogP contribution in [0.5, 0.6) is 0 Å². The molecule has 1 rings (SSSR count). The summed E-state index contributed by atoms with van der Waals surface area (Å²) in [5.74, 6) is -0.426. The number of anilines is 2. The number of carbonyl (C=O) groups excluding carboxylic acids is 3. The Bertz CT molecular complexity index is 460. The minimum atomic E-state index is -0.679.